The lowest BCUT2D eigenvalue weighted by Crippen LogP contribution is -2.39. The van der Waals surface area contributed by atoms with E-state index in [9.17, 15) is 9.59 Å². The molecule has 0 bridgehead atoms. The fourth-order valence-corrected chi connectivity index (χ4v) is 4.73. The topological polar surface area (TPSA) is 82.1 Å². The summed E-state index contributed by atoms with van der Waals surface area (Å²) >= 11 is 0. The Labute approximate surface area is 185 Å². The molecule has 1 unspecified atom stereocenters. The predicted molar refractivity (Wildman–Crippen MR) is 122 cm³/mol. The van der Waals surface area contributed by atoms with Gasteiger partial charge in [-0.15, -0.1) is 0 Å². The van der Waals surface area contributed by atoms with E-state index in [1.807, 2.05) is 29.1 Å². The van der Waals surface area contributed by atoms with Crippen LogP contribution in [0.25, 0.3) is 16.8 Å². The normalized spacial score (nSPS) is 17.3. The monoisotopic (exact) mass is 430 g/mol. The minimum absolute atomic E-state index is 0.00934. The number of rotatable bonds is 4. The summed E-state index contributed by atoms with van der Waals surface area (Å²) in [6.07, 6.45) is 3.53. The van der Waals surface area contributed by atoms with Crippen molar-refractivity contribution in [2.24, 2.45) is 5.41 Å². The molecule has 0 saturated carbocycles. The molecular weight excluding hydrogens is 404 g/mol. The zero-order valence-corrected chi connectivity index (χ0v) is 18.5. The van der Waals surface area contributed by atoms with E-state index < -0.39 is 5.76 Å². The maximum Gasteiger partial charge on any atom is 0.420 e. The Morgan fingerprint density at radius 2 is 1.94 bits per heavy atom. The van der Waals surface area contributed by atoms with Crippen molar-refractivity contribution in [1.82, 2.24) is 19.7 Å². The number of benzene rings is 2. The molecule has 1 amide bonds. The van der Waals surface area contributed by atoms with Gasteiger partial charge in [0, 0.05) is 5.56 Å². The van der Waals surface area contributed by atoms with Crippen molar-refractivity contribution < 1.29 is 9.21 Å². The van der Waals surface area contributed by atoms with Crippen LogP contribution in [0.2, 0.25) is 0 Å². The molecule has 0 fully saturated rings. The Hall–Kier alpha value is -3.61. The Morgan fingerprint density at radius 3 is 2.75 bits per heavy atom. The van der Waals surface area contributed by atoms with Crippen molar-refractivity contribution in [3.8, 4) is 5.69 Å². The molecule has 164 valence electrons. The summed E-state index contributed by atoms with van der Waals surface area (Å²) < 4.78 is 8.63. The maximum atomic E-state index is 13.0. The minimum Gasteiger partial charge on any atom is -0.408 e. The van der Waals surface area contributed by atoms with Gasteiger partial charge in [-0.1, -0.05) is 44.2 Å². The van der Waals surface area contributed by atoms with E-state index in [-0.39, 0.29) is 23.9 Å². The van der Waals surface area contributed by atoms with Crippen molar-refractivity contribution in [3.05, 3.63) is 82.1 Å². The zero-order valence-electron chi connectivity index (χ0n) is 18.5. The van der Waals surface area contributed by atoms with E-state index in [2.05, 4.69) is 43.3 Å². The molecular formula is C25H26N4O3. The van der Waals surface area contributed by atoms with E-state index in [0.29, 0.717) is 11.1 Å². The first-order chi connectivity index (χ1) is 15.3. The van der Waals surface area contributed by atoms with Gasteiger partial charge in [0.2, 0.25) is 5.91 Å². The van der Waals surface area contributed by atoms with Crippen LogP contribution < -0.4 is 11.1 Å². The first kappa shape index (κ1) is 20.3. The van der Waals surface area contributed by atoms with E-state index in [4.69, 9.17) is 4.42 Å². The Balaban J connectivity index is 1.45. The number of para-hydroxylation sites is 3. The van der Waals surface area contributed by atoms with E-state index in [1.165, 1.54) is 4.57 Å². The highest BCUT2D eigenvalue weighted by atomic mass is 16.4. The molecule has 5 rings (SSSR count). The molecule has 0 aliphatic heterocycles. The molecule has 7 nitrogen and oxygen atoms in total. The number of aromatic nitrogens is 3. The van der Waals surface area contributed by atoms with Gasteiger partial charge >= 0.3 is 5.76 Å². The van der Waals surface area contributed by atoms with Crippen LogP contribution in [0.1, 0.15) is 43.1 Å². The zero-order chi connectivity index (χ0) is 22.5. The summed E-state index contributed by atoms with van der Waals surface area (Å²) in [6.45, 7) is 6.40. The van der Waals surface area contributed by atoms with Crippen LogP contribution in [-0.2, 0) is 17.8 Å². The van der Waals surface area contributed by atoms with Crippen LogP contribution in [-0.4, -0.2) is 20.3 Å². The van der Waals surface area contributed by atoms with Gasteiger partial charge in [0.05, 0.1) is 29.1 Å². The third-order valence-corrected chi connectivity index (χ3v) is 6.23. The van der Waals surface area contributed by atoms with Crippen LogP contribution in [0.5, 0.6) is 0 Å². The second-order valence-corrected chi connectivity index (χ2v) is 9.33. The highest BCUT2D eigenvalue weighted by molar-refractivity contribution is 5.79. The number of amides is 1. The lowest BCUT2D eigenvalue weighted by molar-refractivity contribution is -0.122. The minimum atomic E-state index is -0.529. The number of hydrogen-bond donors (Lipinski definition) is 1. The Morgan fingerprint density at radius 1 is 1.19 bits per heavy atom. The highest BCUT2D eigenvalue weighted by Crippen LogP contribution is 2.41. The molecule has 2 heterocycles. The summed E-state index contributed by atoms with van der Waals surface area (Å²) in [5, 5.41) is 7.82. The fourth-order valence-electron chi connectivity index (χ4n) is 4.73. The number of hydrogen-bond acceptors (Lipinski definition) is 4. The van der Waals surface area contributed by atoms with Crippen LogP contribution in [0.15, 0.2) is 63.9 Å². The fraction of sp³-hybridized carbons (Fsp3) is 0.320. The highest BCUT2D eigenvalue weighted by Gasteiger charge is 2.36. The number of carbonyl (C=O) groups excluding carboxylic acids is 1. The van der Waals surface area contributed by atoms with E-state index in [0.717, 1.165) is 35.3 Å². The van der Waals surface area contributed by atoms with Gasteiger partial charge in [0.15, 0.2) is 5.58 Å². The number of carbonyl (C=O) groups is 1. The summed E-state index contributed by atoms with van der Waals surface area (Å²) in [6, 6.07) is 15.1. The van der Waals surface area contributed by atoms with Gasteiger partial charge in [0.25, 0.3) is 0 Å². The third-order valence-electron chi connectivity index (χ3n) is 6.23. The van der Waals surface area contributed by atoms with Crippen molar-refractivity contribution >= 4 is 17.0 Å². The molecule has 7 heteroatoms. The maximum absolute atomic E-state index is 13.0. The molecule has 0 saturated heterocycles. The van der Waals surface area contributed by atoms with E-state index in [1.54, 1.807) is 18.2 Å². The molecule has 32 heavy (non-hydrogen) atoms. The Bertz CT molecular complexity index is 1380. The number of aryl methyl sites for hydroxylation is 1. The molecule has 0 spiro atoms. The largest absolute Gasteiger partial charge is 0.420 e. The number of nitrogens with one attached hydrogen (secondary N) is 1. The van der Waals surface area contributed by atoms with Gasteiger partial charge in [0.1, 0.15) is 6.54 Å². The van der Waals surface area contributed by atoms with Gasteiger partial charge < -0.3 is 9.73 Å². The lowest BCUT2D eigenvalue weighted by atomic mass is 9.74. The van der Waals surface area contributed by atoms with Crippen LogP contribution in [0, 0.1) is 12.3 Å². The summed E-state index contributed by atoms with van der Waals surface area (Å²) in [5.41, 5.74) is 5.43. The van der Waals surface area contributed by atoms with Gasteiger partial charge in [-0.3, -0.25) is 9.36 Å². The molecule has 2 aromatic heterocycles. The van der Waals surface area contributed by atoms with Crippen LogP contribution in [0.3, 0.4) is 0 Å². The molecule has 1 aliphatic carbocycles. The molecule has 2 aromatic carbocycles. The SMILES string of the molecule is Cc1ccccc1-n1ncc2c1CC(C)(C)CC2NC(=O)Cn1c(=O)oc2ccccc21. The van der Waals surface area contributed by atoms with Crippen LogP contribution >= 0.6 is 0 Å². The van der Waals surface area contributed by atoms with Crippen LogP contribution in [0.4, 0.5) is 0 Å². The van der Waals surface area contributed by atoms with Crippen molar-refractivity contribution in [3.63, 3.8) is 0 Å². The number of oxazole rings is 1. The smallest absolute Gasteiger partial charge is 0.408 e. The lowest BCUT2D eigenvalue weighted by Gasteiger charge is -2.36. The average molecular weight is 431 g/mol. The summed E-state index contributed by atoms with van der Waals surface area (Å²) in [4.78, 5) is 25.2. The van der Waals surface area contributed by atoms with Crippen molar-refractivity contribution in [1.29, 1.82) is 0 Å². The first-order valence-corrected chi connectivity index (χ1v) is 10.8. The quantitative estimate of drug-likeness (QED) is 0.532. The van der Waals surface area contributed by atoms with Crippen molar-refractivity contribution in [2.45, 2.75) is 46.2 Å². The van der Waals surface area contributed by atoms with Gasteiger partial charge in [-0.25, -0.2) is 9.48 Å². The molecule has 1 aliphatic rings. The first-order valence-electron chi connectivity index (χ1n) is 10.8. The third kappa shape index (κ3) is 3.53. The molecule has 1 atom stereocenters. The summed E-state index contributed by atoms with van der Waals surface area (Å²) in [7, 11) is 0. The number of fused-ring (bicyclic) bond motifs is 2. The molecule has 0 radical (unpaired) electrons. The molecule has 1 N–H and O–H groups in total. The predicted octanol–water partition coefficient (Wildman–Crippen LogP) is 3.92. The average Bonchev–Trinajstić information content (AvgIpc) is 3.28. The second kappa shape index (κ2) is 7.51. The van der Waals surface area contributed by atoms with Gasteiger partial charge in [-0.2, -0.15) is 5.10 Å². The number of nitrogens with zero attached hydrogens (tertiary/aromatic N) is 3. The van der Waals surface area contributed by atoms with Crippen molar-refractivity contribution in [2.75, 3.05) is 0 Å². The van der Waals surface area contributed by atoms with E-state index >= 15 is 0 Å². The molecule has 4 aromatic rings. The standard InChI is InChI=1S/C25H26N4O3/c1-16-8-4-5-9-19(16)29-21-13-25(2,3)12-18(17(21)14-26-29)27-23(30)15-28-20-10-6-7-11-22(20)32-24(28)31/h4-11,14,18H,12-13,15H2,1-3H3,(H,27,30). The second-order valence-electron chi connectivity index (χ2n) is 9.33. The Kier molecular flexibility index (Phi) is 4.77. The van der Waals surface area contributed by atoms with Gasteiger partial charge in [-0.05, 0) is 48.9 Å². The summed E-state index contributed by atoms with van der Waals surface area (Å²) in [5.74, 6) is -0.755.